The van der Waals surface area contributed by atoms with E-state index in [1.165, 1.54) is 132 Å². The van der Waals surface area contributed by atoms with E-state index in [1.807, 2.05) is 0 Å². The molecule has 6 aliphatic rings. The summed E-state index contributed by atoms with van der Waals surface area (Å²) in [6.45, 7) is 19.9. The van der Waals surface area contributed by atoms with E-state index in [9.17, 15) is 17.0 Å². The van der Waals surface area contributed by atoms with E-state index >= 15 is 0 Å². The Morgan fingerprint density at radius 1 is 0.550 bits per heavy atom. The van der Waals surface area contributed by atoms with Gasteiger partial charge in [-0.15, -0.1) is 0 Å². The van der Waals surface area contributed by atoms with Gasteiger partial charge in [-0.25, -0.2) is 0 Å². The Kier molecular flexibility index (Phi) is 10.4. The number of rotatable bonds is 11. The van der Waals surface area contributed by atoms with E-state index in [-0.39, 0.29) is 7.25 Å². The SMILES string of the molecule is C[SiH](C)[Zr]([Cl])([Cl])([CH]1C(CC23CCC(CC2)C3)=Cc2c(-c3ccc([Si](C)(C)C)cc3)cccc21)[CH]1C(CC23CCC(CC2)C3)=Cc2c(-c3ccc([Si](C)(C)C)cc3)cccc21. The Morgan fingerprint density at radius 2 is 0.917 bits per heavy atom. The third-order valence-corrected chi connectivity index (χ3v) is 73.5. The Hall–Kier alpha value is -1.53. The van der Waals surface area contributed by atoms with Crippen molar-refractivity contribution in [1.29, 1.82) is 0 Å². The molecule has 315 valence electrons. The molecule has 60 heavy (non-hydrogen) atoms. The van der Waals surface area contributed by atoms with Crippen LogP contribution in [0.15, 0.2) is 96.1 Å². The predicted octanol–water partition coefficient (Wildman–Crippen LogP) is 15.6. The van der Waals surface area contributed by atoms with E-state index < -0.39 is 37.6 Å². The Morgan fingerprint density at radius 3 is 1.22 bits per heavy atom. The van der Waals surface area contributed by atoms with Crippen molar-refractivity contribution in [2.75, 3.05) is 0 Å². The zero-order valence-electron chi connectivity index (χ0n) is 37.9. The molecule has 2 unspecified atom stereocenters. The fourth-order valence-corrected chi connectivity index (χ4v) is 47.8. The third kappa shape index (κ3) is 6.92. The second kappa shape index (κ2) is 14.8. The molecule has 10 rings (SSSR count). The van der Waals surface area contributed by atoms with Gasteiger partial charge in [-0.05, 0) is 0 Å². The summed E-state index contributed by atoms with van der Waals surface area (Å²) in [4.78, 5) is 0. The van der Waals surface area contributed by atoms with Crippen LogP contribution < -0.4 is 10.4 Å². The van der Waals surface area contributed by atoms with Crippen molar-refractivity contribution in [2.24, 2.45) is 22.7 Å². The van der Waals surface area contributed by atoms with Crippen LogP contribution in [0.5, 0.6) is 0 Å². The van der Waals surface area contributed by atoms with Crippen LogP contribution in [0.4, 0.5) is 0 Å². The fraction of sp³-hybridized carbons (Fsp3) is 0.481. The van der Waals surface area contributed by atoms with E-state index in [2.05, 4.69) is 149 Å². The van der Waals surface area contributed by atoms with Crippen molar-refractivity contribution >= 4 is 61.6 Å². The van der Waals surface area contributed by atoms with Crippen molar-refractivity contribution in [2.45, 2.75) is 137 Å². The van der Waals surface area contributed by atoms with Gasteiger partial charge in [0.05, 0.1) is 0 Å². The zero-order chi connectivity index (χ0) is 42.1. The summed E-state index contributed by atoms with van der Waals surface area (Å²) in [5.41, 5.74) is 15.2. The molecule has 2 atom stereocenters. The van der Waals surface area contributed by atoms with Gasteiger partial charge in [-0.2, -0.15) is 0 Å². The molecule has 0 saturated heterocycles. The zero-order valence-corrected chi connectivity index (χ0v) is 45.0. The van der Waals surface area contributed by atoms with E-state index in [1.54, 1.807) is 11.1 Å². The summed E-state index contributed by atoms with van der Waals surface area (Å²) in [5.74, 6) is 0.112. The second-order valence-corrected chi connectivity index (χ2v) is 76.3. The molecule has 6 heteroatoms. The summed E-state index contributed by atoms with van der Waals surface area (Å²) in [5, 5.41) is 3.04. The molecule has 4 aromatic carbocycles. The number of halogens is 2. The van der Waals surface area contributed by atoms with Gasteiger partial charge in [0.1, 0.15) is 0 Å². The molecule has 6 aliphatic carbocycles. The van der Waals surface area contributed by atoms with Gasteiger partial charge in [0, 0.05) is 0 Å². The summed E-state index contributed by atoms with van der Waals surface area (Å²) in [7, 11) is 15.7. The number of benzene rings is 4. The van der Waals surface area contributed by atoms with Gasteiger partial charge < -0.3 is 0 Å². The van der Waals surface area contributed by atoms with Crippen LogP contribution in [0.2, 0.25) is 52.4 Å². The Bertz CT molecular complexity index is 2230. The van der Waals surface area contributed by atoms with E-state index in [0.29, 0.717) is 10.8 Å². The molecule has 0 aromatic heterocycles. The van der Waals surface area contributed by atoms with Gasteiger partial charge in [0.2, 0.25) is 0 Å². The normalized spacial score (nSPS) is 28.8. The number of fused-ring (bicyclic) bond motifs is 6. The molecule has 0 nitrogen and oxygen atoms in total. The first kappa shape index (κ1) is 42.4. The van der Waals surface area contributed by atoms with Crippen molar-refractivity contribution in [3.8, 4) is 22.3 Å². The average molecular weight is 965 g/mol. The standard InChI is InChI=1S/2C26H31Si.C2H7Si.2ClH.Zr/c2*1-27(2,3)23-9-7-21(8-10-23)24-6-4-5-22-15-20(16-25(22)24)18-26-13-11-19(17-26)12-14-26;1-3-2;;;/h2*4-10,15-16,19H,11-14,17-18H2,1-3H3;3H,1-2H3;2*1H;/q;;;;;+2/p-2. The Balaban J connectivity index is 1.16. The van der Waals surface area contributed by atoms with Gasteiger partial charge in [-0.3, -0.25) is 0 Å². The molecular formula is C54H69Cl2Si3Zr. The van der Waals surface area contributed by atoms with Crippen LogP contribution in [-0.4, -0.2) is 22.1 Å². The average Bonchev–Trinajstić information content (AvgIpc) is 4.07. The molecule has 0 N–H and O–H groups in total. The topological polar surface area (TPSA) is 0 Å². The van der Waals surface area contributed by atoms with Crippen molar-refractivity contribution in [1.82, 2.24) is 0 Å². The van der Waals surface area contributed by atoms with Crippen molar-refractivity contribution in [3.05, 3.63) is 118 Å². The molecule has 0 aliphatic heterocycles. The molecule has 4 fully saturated rings. The molecule has 0 spiro atoms. The summed E-state index contributed by atoms with van der Waals surface area (Å²) < 4.78 is 0.284. The van der Waals surface area contributed by atoms with Crippen LogP contribution in [0.25, 0.3) is 34.4 Å². The summed E-state index contributed by atoms with van der Waals surface area (Å²) in [6, 6.07) is 33.8. The van der Waals surface area contributed by atoms with Gasteiger partial charge in [0.25, 0.3) is 0 Å². The van der Waals surface area contributed by atoms with Crippen LogP contribution in [0.3, 0.4) is 0 Å². The fourth-order valence-electron chi connectivity index (χ4n) is 14.2. The molecule has 4 bridgehead atoms. The summed E-state index contributed by atoms with van der Waals surface area (Å²) >= 11 is -5.06. The van der Waals surface area contributed by atoms with Crippen LogP contribution in [0, 0.1) is 22.7 Å². The van der Waals surface area contributed by atoms with E-state index in [0.717, 1.165) is 11.8 Å². The van der Waals surface area contributed by atoms with Crippen LogP contribution in [0.1, 0.15) is 107 Å². The first-order valence-electron chi connectivity index (χ1n) is 23.8. The monoisotopic (exact) mass is 961 g/mol. The van der Waals surface area contributed by atoms with Gasteiger partial charge in [0.15, 0.2) is 0 Å². The molecule has 4 aromatic rings. The first-order valence-corrected chi connectivity index (χ1v) is 47.1. The quantitative estimate of drug-likeness (QED) is 0.131. The minimum absolute atomic E-state index is 0.142. The molecule has 0 amide bonds. The maximum absolute atomic E-state index is 9.26. The molecule has 0 radical (unpaired) electrons. The van der Waals surface area contributed by atoms with Crippen molar-refractivity contribution in [3.63, 3.8) is 0 Å². The minimum atomic E-state index is -5.06. The number of hydrogen-bond donors (Lipinski definition) is 0. The second-order valence-electron chi connectivity index (χ2n) is 23.6. The Labute approximate surface area is 373 Å². The summed E-state index contributed by atoms with van der Waals surface area (Å²) in [6.07, 6.45) is 21.6. The number of allylic oxidation sites excluding steroid dienone is 2. The predicted molar refractivity (Wildman–Crippen MR) is 269 cm³/mol. The van der Waals surface area contributed by atoms with Crippen LogP contribution in [-0.2, 0) is 15.6 Å². The maximum atomic E-state index is 9.26. The molecule has 0 heterocycles. The van der Waals surface area contributed by atoms with Gasteiger partial charge in [-0.1, -0.05) is 0 Å². The van der Waals surface area contributed by atoms with Crippen molar-refractivity contribution < 1.29 is 15.6 Å². The number of hydrogen-bond acceptors (Lipinski definition) is 0. The first-order chi connectivity index (χ1) is 28.4. The third-order valence-electron chi connectivity index (χ3n) is 17.6. The molecular weight excluding hydrogens is 895 g/mol. The van der Waals surface area contributed by atoms with E-state index in [4.69, 9.17) is 0 Å². The van der Waals surface area contributed by atoms with Crippen LogP contribution >= 0.6 is 17.0 Å². The van der Waals surface area contributed by atoms with Gasteiger partial charge >= 0.3 is 377 Å². The molecule has 4 saturated carbocycles.